The van der Waals surface area contributed by atoms with Crippen LogP contribution in [0.3, 0.4) is 0 Å². The van der Waals surface area contributed by atoms with Gasteiger partial charge in [-0.1, -0.05) is 30.3 Å². The van der Waals surface area contributed by atoms with E-state index in [0.717, 1.165) is 5.56 Å². The molecule has 1 aromatic carbocycles. The molecule has 1 saturated heterocycles. The van der Waals surface area contributed by atoms with Gasteiger partial charge in [0.15, 0.2) is 0 Å². The molecule has 0 bridgehead atoms. The number of benzene rings is 1. The van der Waals surface area contributed by atoms with E-state index in [0.29, 0.717) is 50.6 Å². The Morgan fingerprint density at radius 1 is 1.21 bits per heavy atom. The first kappa shape index (κ1) is 20.6. The molecule has 1 N–H and O–H groups in total. The predicted molar refractivity (Wildman–Crippen MR) is 110 cm³/mol. The average molecular weight is 397 g/mol. The molecule has 0 saturated carbocycles. The normalized spacial score (nSPS) is 14.3. The Bertz CT molecular complexity index is 822. The highest BCUT2D eigenvalue weighted by Gasteiger charge is 2.25. The Hall–Kier alpha value is -3.16. The minimum absolute atomic E-state index is 0.00800. The number of aromatic nitrogens is 2. The zero-order chi connectivity index (χ0) is 20.6. The van der Waals surface area contributed by atoms with Crippen LogP contribution in [0.5, 0.6) is 0 Å². The molecular formula is C21H27N5O3. The van der Waals surface area contributed by atoms with Crippen LogP contribution in [0.1, 0.15) is 35.8 Å². The molecule has 2 heterocycles. The van der Waals surface area contributed by atoms with Gasteiger partial charge in [0.25, 0.3) is 5.91 Å². The zero-order valence-corrected chi connectivity index (χ0v) is 16.9. The number of ether oxygens (including phenoxy) is 1. The van der Waals surface area contributed by atoms with E-state index in [4.69, 9.17) is 4.74 Å². The van der Waals surface area contributed by atoms with Crippen molar-refractivity contribution in [3.05, 3.63) is 54.0 Å². The molecule has 2 amide bonds. The molecule has 0 spiro atoms. The van der Waals surface area contributed by atoms with Gasteiger partial charge in [0, 0.05) is 38.8 Å². The van der Waals surface area contributed by atoms with Crippen molar-refractivity contribution in [3.8, 4) is 0 Å². The third-order valence-electron chi connectivity index (χ3n) is 4.90. The van der Waals surface area contributed by atoms with Crippen LogP contribution in [-0.2, 0) is 11.3 Å². The van der Waals surface area contributed by atoms with Crippen LogP contribution in [0.15, 0.2) is 42.7 Å². The third-order valence-corrected chi connectivity index (χ3v) is 4.90. The van der Waals surface area contributed by atoms with E-state index in [1.165, 1.54) is 6.33 Å². The van der Waals surface area contributed by atoms with E-state index in [1.54, 1.807) is 17.9 Å². The molecule has 8 nitrogen and oxygen atoms in total. The predicted octanol–water partition coefficient (Wildman–Crippen LogP) is 2.46. The van der Waals surface area contributed by atoms with Gasteiger partial charge < -0.3 is 19.9 Å². The van der Waals surface area contributed by atoms with Crippen molar-refractivity contribution in [2.45, 2.75) is 32.4 Å². The lowest BCUT2D eigenvalue weighted by Gasteiger charge is -2.31. The summed E-state index contributed by atoms with van der Waals surface area (Å²) >= 11 is 0. The van der Waals surface area contributed by atoms with Crippen LogP contribution >= 0.6 is 0 Å². The van der Waals surface area contributed by atoms with Crippen molar-refractivity contribution in [2.24, 2.45) is 0 Å². The lowest BCUT2D eigenvalue weighted by atomic mass is 10.1. The average Bonchev–Trinajstić information content (AvgIpc) is 2.75. The van der Waals surface area contributed by atoms with Crippen LogP contribution in [0.2, 0.25) is 0 Å². The number of hydrogen-bond donors (Lipinski definition) is 1. The van der Waals surface area contributed by atoms with Crippen LogP contribution in [-0.4, -0.2) is 59.7 Å². The molecule has 0 unspecified atom stereocenters. The van der Waals surface area contributed by atoms with Gasteiger partial charge in [0.1, 0.15) is 17.8 Å². The fourth-order valence-electron chi connectivity index (χ4n) is 3.30. The molecule has 3 rings (SSSR count). The second-order valence-corrected chi connectivity index (χ2v) is 7.04. The van der Waals surface area contributed by atoms with Gasteiger partial charge in [-0.2, -0.15) is 0 Å². The van der Waals surface area contributed by atoms with Crippen molar-refractivity contribution in [1.29, 1.82) is 0 Å². The van der Waals surface area contributed by atoms with Crippen LogP contribution in [0.4, 0.5) is 10.6 Å². The van der Waals surface area contributed by atoms with Gasteiger partial charge in [-0.3, -0.25) is 4.79 Å². The second-order valence-electron chi connectivity index (χ2n) is 7.04. The number of hydrogen-bond acceptors (Lipinski definition) is 6. The van der Waals surface area contributed by atoms with Gasteiger partial charge in [-0.15, -0.1) is 0 Å². The standard InChI is InChI=1S/C21H27N5O3/c1-3-29-21(28)26-11-9-17(10-12-26)24-20(27)18-13-19(23-15-22-18)25(2)14-16-7-5-4-6-8-16/h4-8,13,15,17H,3,9-12,14H2,1-2H3,(H,24,27). The first-order chi connectivity index (χ1) is 14.1. The van der Waals surface area contributed by atoms with Crippen LogP contribution < -0.4 is 10.2 Å². The molecule has 1 fully saturated rings. The quantitative estimate of drug-likeness (QED) is 0.806. The molecule has 29 heavy (non-hydrogen) atoms. The summed E-state index contributed by atoms with van der Waals surface area (Å²) < 4.78 is 5.02. The molecule has 1 aliphatic rings. The summed E-state index contributed by atoms with van der Waals surface area (Å²) in [6, 6.07) is 11.8. The Balaban J connectivity index is 1.55. The molecule has 2 aromatic rings. The van der Waals surface area contributed by atoms with Gasteiger partial charge in [-0.25, -0.2) is 14.8 Å². The number of amides is 2. The lowest BCUT2D eigenvalue weighted by Crippen LogP contribution is -2.46. The first-order valence-corrected chi connectivity index (χ1v) is 9.86. The van der Waals surface area contributed by atoms with Gasteiger partial charge in [-0.05, 0) is 25.3 Å². The fraction of sp³-hybridized carbons (Fsp3) is 0.429. The summed E-state index contributed by atoms with van der Waals surface area (Å²) in [7, 11) is 1.93. The summed E-state index contributed by atoms with van der Waals surface area (Å²) in [5.41, 5.74) is 1.50. The monoisotopic (exact) mass is 397 g/mol. The smallest absolute Gasteiger partial charge is 0.409 e. The number of rotatable bonds is 6. The molecule has 8 heteroatoms. The first-order valence-electron chi connectivity index (χ1n) is 9.86. The van der Waals surface area contributed by atoms with Gasteiger partial charge >= 0.3 is 6.09 Å². The van der Waals surface area contributed by atoms with E-state index in [-0.39, 0.29) is 18.0 Å². The highest BCUT2D eigenvalue weighted by Crippen LogP contribution is 2.15. The number of nitrogens with one attached hydrogen (secondary N) is 1. The Morgan fingerprint density at radius 3 is 2.62 bits per heavy atom. The largest absolute Gasteiger partial charge is 0.450 e. The fourth-order valence-corrected chi connectivity index (χ4v) is 3.30. The minimum atomic E-state index is -0.292. The minimum Gasteiger partial charge on any atom is -0.450 e. The Morgan fingerprint density at radius 2 is 1.93 bits per heavy atom. The van der Waals surface area contributed by atoms with Gasteiger partial charge in [0.2, 0.25) is 0 Å². The summed E-state index contributed by atoms with van der Waals surface area (Å²) in [6.45, 7) is 3.98. The molecule has 0 radical (unpaired) electrons. The van der Waals surface area contributed by atoms with Crippen molar-refractivity contribution in [1.82, 2.24) is 20.2 Å². The van der Waals surface area contributed by atoms with Crippen molar-refractivity contribution >= 4 is 17.8 Å². The maximum atomic E-state index is 12.6. The number of carbonyl (C=O) groups excluding carboxylic acids is 2. The maximum absolute atomic E-state index is 12.6. The van der Waals surface area contributed by atoms with Crippen LogP contribution in [0.25, 0.3) is 0 Å². The summed E-state index contributed by atoms with van der Waals surface area (Å²) in [6.07, 6.45) is 2.50. The van der Waals surface area contributed by atoms with E-state index in [1.807, 2.05) is 42.3 Å². The third kappa shape index (κ3) is 5.66. The highest BCUT2D eigenvalue weighted by atomic mass is 16.6. The molecule has 0 atom stereocenters. The molecular weight excluding hydrogens is 370 g/mol. The van der Waals surface area contributed by atoms with Crippen molar-refractivity contribution in [3.63, 3.8) is 0 Å². The Labute approximate surface area is 170 Å². The van der Waals surface area contributed by atoms with Crippen molar-refractivity contribution < 1.29 is 14.3 Å². The number of nitrogens with zero attached hydrogens (tertiary/aromatic N) is 4. The summed E-state index contributed by atoms with van der Waals surface area (Å²) in [4.78, 5) is 36.5. The number of likely N-dealkylation sites (tertiary alicyclic amines) is 1. The lowest BCUT2D eigenvalue weighted by molar-refractivity contribution is 0.0856. The van der Waals surface area contributed by atoms with E-state index in [2.05, 4.69) is 15.3 Å². The molecule has 1 aliphatic heterocycles. The van der Waals surface area contributed by atoms with Crippen LogP contribution in [0, 0.1) is 0 Å². The highest BCUT2D eigenvalue weighted by molar-refractivity contribution is 5.93. The van der Waals surface area contributed by atoms with Crippen molar-refractivity contribution in [2.75, 3.05) is 31.6 Å². The SMILES string of the molecule is CCOC(=O)N1CCC(NC(=O)c2cc(N(C)Cc3ccccc3)ncn2)CC1. The summed E-state index contributed by atoms with van der Waals surface area (Å²) in [5, 5.41) is 3.02. The number of anilines is 1. The Kier molecular flexibility index (Phi) is 6.99. The molecule has 1 aromatic heterocycles. The molecule has 154 valence electrons. The second kappa shape index (κ2) is 9.86. The zero-order valence-electron chi connectivity index (χ0n) is 16.9. The van der Waals surface area contributed by atoms with E-state index >= 15 is 0 Å². The van der Waals surface area contributed by atoms with E-state index < -0.39 is 0 Å². The maximum Gasteiger partial charge on any atom is 0.409 e. The molecule has 0 aliphatic carbocycles. The summed E-state index contributed by atoms with van der Waals surface area (Å²) in [5.74, 6) is 0.461. The van der Waals surface area contributed by atoms with Gasteiger partial charge in [0.05, 0.1) is 6.61 Å². The number of carbonyl (C=O) groups is 2. The number of piperidine rings is 1. The topological polar surface area (TPSA) is 87.7 Å². The van der Waals surface area contributed by atoms with E-state index in [9.17, 15) is 9.59 Å².